The normalized spacial score (nSPS) is 9.18. The fraction of sp³-hybridized carbons (Fsp3) is 0.167. The van der Waals surface area contributed by atoms with E-state index in [-0.39, 0.29) is 11.6 Å². The van der Waals surface area contributed by atoms with Crippen LogP contribution < -0.4 is 10.9 Å². The summed E-state index contributed by atoms with van der Waals surface area (Å²) in [5, 5.41) is 7.79. The Morgan fingerprint density at radius 3 is 3.09 bits per heavy atom. The molecule has 57 valence electrons. The summed E-state index contributed by atoms with van der Waals surface area (Å²) >= 11 is 0. The van der Waals surface area contributed by atoms with E-state index >= 15 is 0 Å². The van der Waals surface area contributed by atoms with Crippen LogP contribution in [0.1, 0.15) is 6.92 Å². The van der Waals surface area contributed by atoms with Gasteiger partial charge in [0.25, 0.3) is 5.56 Å². The highest BCUT2D eigenvalue weighted by atomic mass is 16.2. The lowest BCUT2D eigenvalue weighted by Gasteiger charge is -1.96. The van der Waals surface area contributed by atoms with Crippen molar-refractivity contribution in [2.75, 3.05) is 5.32 Å². The fourth-order valence-corrected chi connectivity index (χ4v) is 0.588. The summed E-state index contributed by atoms with van der Waals surface area (Å²) in [5.41, 5.74) is -0.272. The molecule has 1 rings (SSSR count). The highest BCUT2D eigenvalue weighted by Crippen LogP contribution is 1.92. The van der Waals surface area contributed by atoms with Crippen molar-refractivity contribution in [1.82, 2.24) is 10.2 Å². The second kappa shape index (κ2) is 2.96. The first-order valence-electron chi connectivity index (χ1n) is 2.93. The Balaban J connectivity index is 2.95. The smallest absolute Gasteiger partial charge is 0.287 e. The van der Waals surface area contributed by atoms with Gasteiger partial charge in [-0.15, -0.1) is 0 Å². The van der Waals surface area contributed by atoms with E-state index in [1.54, 1.807) is 0 Å². The highest BCUT2D eigenvalue weighted by Gasteiger charge is 1.98. The molecule has 5 nitrogen and oxygen atoms in total. The summed E-state index contributed by atoms with van der Waals surface area (Å²) in [6.45, 7) is 1.32. The number of hydrogen-bond acceptors (Lipinski definition) is 3. The van der Waals surface area contributed by atoms with Crippen LogP contribution in [-0.2, 0) is 4.79 Å². The minimum atomic E-state index is -0.432. The molecular formula is C6H6N3O2. The molecule has 0 saturated heterocycles. The molecule has 1 radical (unpaired) electrons. The van der Waals surface area contributed by atoms with E-state index in [1.165, 1.54) is 13.0 Å². The molecule has 0 spiro atoms. The van der Waals surface area contributed by atoms with Crippen molar-refractivity contribution < 1.29 is 4.79 Å². The first-order valence-corrected chi connectivity index (χ1v) is 2.93. The summed E-state index contributed by atoms with van der Waals surface area (Å²) in [6.07, 6.45) is 2.39. The van der Waals surface area contributed by atoms with Gasteiger partial charge in [0, 0.05) is 6.92 Å². The molecule has 0 aliphatic carbocycles. The molecule has 0 unspecified atom stereocenters. The van der Waals surface area contributed by atoms with Crippen LogP contribution in [0.3, 0.4) is 0 Å². The van der Waals surface area contributed by atoms with Gasteiger partial charge in [-0.25, -0.2) is 5.10 Å². The van der Waals surface area contributed by atoms with Gasteiger partial charge in [0.05, 0.1) is 0 Å². The topological polar surface area (TPSA) is 74.8 Å². The van der Waals surface area contributed by atoms with Crippen LogP contribution in [0.2, 0.25) is 0 Å². The third kappa shape index (κ3) is 1.89. The Hall–Kier alpha value is -1.65. The number of amides is 1. The number of carbonyl (C=O) groups excluding carboxylic acids is 1. The SMILES string of the molecule is CC(=O)Nc1c[c]n[nH]c1=O. The van der Waals surface area contributed by atoms with Gasteiger partial charge >= 0.3 is 0 Å². The van der Waals surface area contributed by atoms with Gasteiger partial charge in [0.1, 0.15) is 11.9 Å². The Kier molecular flexibility index (Phi) is 2.00. The van der Waals surface area contributed by atoms with Crippen molar-refractivity contribution in [3.05, 3.63) is 22.6 Å². The van der Waals surface area contributed by atoms with Crippen molar-refractivity contribution >= 4 is 11.6 Å². The maximum Gasteiger partial charge on any atom is 0.287 e. The Morgan fingerprint density at radius 1 is 1.82 bits per heavy atom. The molecule has 1 aromatic heterocycles. The summed E-state index contributed by atoms with van der Waals surface area (Å²) in [4.78, 5) is 21.3. The zero-order valence-electron chi connectivity index (χ0n) is 5.84. The quantitative estimate of drug-likeness (QED) is 0.571. The van der Waals surface area contributed by atoms with Gasteiger partial charge in [0.2, 0.25) is 5.91 Å². The largest absolute Gasteiger partial charge is 0.322 e. The monoisotopic (exact) mass is 152 g/mol. The van der Waals surface area contributed by atoms with Crippen LogP contribution in [0, 0.1) is 6.20 Å². The van der Waals surface area contributed by atoms with Crippen LogP contribution in [-0.4, -0.2) is 16.1 Å². The van der Waals surface area contributed by atoms with Crippen molar-refractivity contribution in [3.8, 4) is 0 Å². The van der Waals surface area contributed by atoms with Crippen LogP contribution in [0.5, 0.6) is 0 Å². The standard InChI is InChI=1S/C6H6N3O2/c1-4(10)8-5-2-3-7-9-6(5)11/h2H,1H3,(H,9,11)(H,7,8,10). The number of carbonyl (C=O) groups is 1. The molecule has 5 heteroatoms. The Bertz CT molecular complexity index is 318. The van der Waals surface area contributed by atoms with Gasteiger partial charge in [-0.3, -0.25) is 9.59 Å². The zero-order chi connectivity index (χ0) is 8.27. The lowest BCUT2D eigenvalue weighted by atomic mass is 10.4. The number of aromatic amines is 1. The number of rotatable bonds is 1. The maximum atomic E-state index is 10.8. The average Bonchev–Trinajstić information content (AvgIpc) is 1.93. The fourth-order valence-electron chi connectivity index (χ4n) is 0.588. The summed E-state index contributed by atoms with van der Waals surface area (Å²) in [7, 11) is 0. The van der Waals surface area contributed by atoms with E-state index in [1.807, 2.05) is 0 Å². The first-order chi connectivity index (χ1) is 5.20. The molecule has 0 aliphatic rings. The van der Waals surface area contributed by atoms with Crippen LogP contribution >= 0.6 is 0 Å². The molecule has 0 atom stereocenters. The predicted octanol–water partition coefficient (Wildman–Crippen LogP) is -0.472. The maximum absolute atomic E-state index is 10.8. The molecule has 2 N–H and O–H groups in total. The van der Waals surface area contributed by atoms with E-state index in [0.29, 0.717) is 0 Å². The summed E-state index contributed by atoms with van der Waals surface area (Å²) in [6, 6.07) is 1.31. The Morgan fingerprint density at radius 2 is 2.55 bits per heavy atom. The molecule has 0 bridgehead atoms. The third-order valence-electron chi connectivity index (χ3n) is 0.986. The molecular weight excluding hydrogens is 146 g/mol. The zero-order valence-corrected chi connectivity index (χ0v) is 5.84. The number of nitrogens with zero attached hydrogens (tertiary/aromatic N) is 1. The van der Waals surface area contributed by atoms with Crippen molar-refractivity contribution in [1.29, 1.82) is 0 Å². The number of nitrogens with one attached hydrogen (secondary N) is 2. The average molecular weight is 152 g/mol. The van der Waals surface area contributed by atoms with E-state index in [9.17, 15) is 9.59 Å². The molecule has 1 heterocycles. The van der Waals surface area contributed by atoms with Crippen molar-refractivity contribution in [3.63, 3.8) is 0 Å². The van der Waals surface area contributed by atoms with Gasteiger partial charge < -0.3 is 5.32 Å². The van der Waals surface area contributed by atoms with Crippen molar-refractivity contribution in [2.24, 2.45) is 0 Å². The van der Waals surface area contributed by atoms with E-state index in [4.69, 9.17) is 0 Å². The highest BCUT2D eigenvalue weighted by molar-refractivity contribution is 5.88. The van der Waals surface area contributed by atoms with E-state index in [2.05, 4.69) is 21.7 Å². The molecule has 11 heavy (non-hydrogen) atoms. The van der Waals surface area contributed by atoms with Gasteiger partial charge in [0.15, 0.2) is 0 Å². The van der Waals surface area contributed by atoms with Crippen LogP contribution in [0.4, 0.5) is 5.69 Å². The predicted molar refractivity (Wildman–Crippen MR) is 38.0 cm³/mol. The summed E-state index contributed by atoms with van der Waals surface area (Å²) < 4.78 is 0. The lowest BCUT2D eigenvalue weighted by molar-refractivity contribution is -0.114. The van der Waals surface area contributed by atoms with Crippen molar-refractivity contribution in [2.45, 2.75) is 6.92 Å². The second-order valence-electron chi connectivity index (χ2n) is 1.92. The van der Waals surface area contributed by atoms with Crippen LogP contribution in [0.25, 0.3) is 0 Å². The van der Waals surface area contributed by atoms with Gasteiger partial charge in [-0.1, -0.05) is 0 Å². The van der Waals surface area contributed by atoms with Gasteiger partial charge in [-0.05, 0) is 6.07 Å². The van der Waals surface area contributed by atoms with E-state index in [0.717, 1.165) is 0 Å². The number of H-pyrrole nitrogens is 1. The molecule has 0 fully saturated rings. The number of hydrogen-bond donors (Lipinski definition) is 2. The molecule has 0 aliphatic heterocycles. The molecule has 1 aromatic rings. The Labute approximate surface area is 62.4 Å². The number of anilines is 1. The molecule has 0 aromatic carbocycles. The third-order valence-corrected chi connectivity index (χ3v) is 0.986. The minimum Gasteiger partial charge on any atom is -0.322 e. The molecule has 1 amide bonds. The van der Waals surface area contributed by atoms with Crippen LogP contribution in [0.15, 0.2) is 10.9 Å². The van der Waals surface area contributed by atoms with Gasteiger partial charge in [-0.2, -0.15) is 5.10 Å². The second-order valence-corrected chi connectivity index (χ2v) is 1.92. The summed E-state index contributed by atoms with van der Waals surface area (Å²) in [5.74, 6) is -0.296. The lowest BCUT2D eigenvalue weighted by Crippen LogP contribution is -2.17. The minimum absolute atomic E-state index is 0.160. The first kappa shape index (κ1) is 7.46. The number of aromatic nitrogens is 2. The molecule has 0 saturated carbocycles. The van der Waals surface area contributed by atoms with E-state index < -0.39 is 5.56 Å².